The number of hydrogen-bond donors (Lipinski definition) is 0. The molecule has 4 nitrogen and oxygen atoms in total. The summed E-state index contributed by atoms with van der Waals surface area (Å²) in [6.07, 6.45) is 2.35. The Morgan fingerprint density at radius 3 is 2.85 bits per heavy atom. The van der Waals surface area contributed by atoms with Gasteiger partial charge >= 0.3 is 0 Å². The van der Waals surface area contributed by atoms with Crippen LogP contribution in [0.3, 0.4) is 0 Å². The van der Waals surface area contributed by atoms with Crippen molar-refractivity contribution in [3.05, 3.63) is 47.0 Å². The Bertz CT molecular complexity index is 635. The second kappa shape index (κ2) is 5.86. The normalized spacial score (nSPS) is 10.6. The summed E-state index contributed by atoms with van der Waals surface area (Å²) in [5.74, 6) is -0.468. The number of methoxy groups -OCH3 is 1. The van der Waals surface area contributed by atoms with Gasteiger partial charge in [0.2, 0.25) is 0 Å². The van der Waals surface area contributed by atoms with Gasteiger partial charge in [0, 0.05) is 19.7 Å². The lowest BCUT2D eigenvalue weighted by Crippen LogP contribution is -2.07. The van der Waals surface area contributed by atoms with Crippen molar-refractivity contribution in [2.75, 3.05) is 7.11 Å². The number of carbonyl (C=O) groups is 1. The van der Waals surface area contributed by atoms with E-state index in [2.05, 4.69) is 5.10 Å². The quantitative estimate of drug-likeness (QED) is 0.788. The van der Waals surface area contributed by atoms with Crippen LogP contribution in [0.4, 0.5) is 4.39 Å². The highest BCUT2D eigenvalue weighted by Gasteiger charge is 2.17. The summed E-state index contributed by atoms with van der Waals surface area (Å²) in [5, 5.41) is 4.23. The maximum absolute atomic E-state index is 14.0. The predicted molar refractivity (Wildman–Crippen MR) is 73.6 cm³/mol. The first-order chi connectivity index (χ1) is 9.56. The van der Waals surface area contributed by atoms with Crippen LogP contribution in [0.25, 0.3) is 0 Å². The highest BCUT2D eigenvalue weighted by molar-refractivity contribution is 5.98. The van der Waals surface area contributed by atoms with Crippen molar-refractivity contribution in [2.24, 2.45) is 7.05 Å². The summed E-state index contributed by atoms with van der Waals surface area (Å²) < 4.78 is 20.6. The fourth-order valence-corrected chi connectivity index (χ4v) is 2.15. The van der Waals surface area contributed by atoms with Gasteiger partial charge < -0.3 is 4.74 Å². The minimum absolute atomic E-state index is 0.00171. The van der Waals surface area contributed by atoms with Crippen molar-refractivity contribution in [1.82, 2.24) is 9.78 Å². The van der Waals surface area contributed by atoms with E-state index in [1.807, 2.05) is 6.92 Å². The molecule has 0 aliphatic carbocycles. The van der Waals surface area contributed by atoms with E-state index in [0.29, 0.717) is 17.5 Å². The minimum Gasteiger partial charge on any atom is -0.494 e. The molecule has 0 aliphatic rings. The molecule has 0 fully saturated rings. The smallest absolute Gasteiger partial charge is 0.170 e. The van der Waals surface area contributed by atoms with Gasteiger partial charge in [-0.05, 0) is 18.1 Å². The number of ketones is 1. The minimum atomic E-state index is -0.481. The van der Waals surface area contributed by atoms with Crippen LogP contribution in [0.1, 0.15) is 28.5 Å². The van der Waals surface area contributed by atoms with E-state index in [1.54, 1.807) is 30.1 Å². The fraction of sp³-hybridized carbons (Fsp3) is 0.333. The number of benzene rings is 1. The van der Waals surface area contributed by atoms with Gasteiger partial charge in [-0.3, -0.25) is 9.48 Å². The number of carbonyl (C=O) groups excluding carboxylic acids is 1. The van der Waals surface area contributed by atoms with E-state index >= 15 is 0 Å². The molecule has 20 heavy (non-hydrogen) atoms. The second-order valence-electron chi connectivity index (χ2n) is 4.55. The highest BCUT2D eigenvalue weighted by Crippen LogP contribution is 2.21. The maximum Gasteiger partial charge on any atom is 0.170 e. The van der Waals surface area contributed by atoms with Crippen molar-refractivity contribution >= 4 is 5.78 Å². The summed E-state index contributed by atoms with van der Waals surface area (Å²) in [4.78, 5) is 12.3. The lowest BCUT2D eigenvalue weighted by molar-refractivity contribution is 0.0991. The van der Waals surface area contributed by atoms with Crippen molar-refractivity contribution in [1.29, 1.82) is 0 Å². The molecule has 0 amide bonds. The number of rotatable bonds is 5. The molecule has 2 rings (SSSR count). The van der Waals surface area contributed by atoms with E-state index < -0.39 is 5.82 Å². The third kappa shape index (κ3) is 2.71. The predicted octanol–water partition coefficient (Wildman–Crippen LogP) is 2.56. The molecular weight excluding hydrogens is 259 g/mol. The van der Waals surface area contributed by atoms with Crippen molar-refractivity contribution in [3.63, 3.8) is 0 Å². The lowest BCUT2D eigenvalue weighted by atomic mass is 10.0. The van der Waals surface area contributed by atoms with Crippen LogP contribution in [0.5, 0.6) is 5.75 Å². The SMILES string of the molecule is CCc1nn(C)cc1C(=O)Cc1cccc(OC)c1F. The Morgan fingerprint density at radius 2 is 2.20 bits per heavy atom. The molecule has 5 heteroatoms. The van der Waals surface area contributed by atoms with E-state index in [1.165, 1.54) is 13.2 Å². The zero-order chi connectivity index (χ0) is 14.7. The van der Waals surface area contributed by atoms with Gasteiger partial charge in [0.15, 0.2) is 17.3 Å². The molecule has 0 bridgehead atoms. The van der Waals surface area contributed by atoms with Gasteiger partial charge in [-0.1, -0.05) is 19.1 Å². The zero-order valence-electron chi connectivity index (χ0n) is 11.8. The number of hydrogen-bond acceptors (Lipinski definition) is 3. The van der Waals surface area contributed by atoms with Gasteiger partial charge in [-0.2, -0.15) is 5.10 Å². The van der Waals surface area contributed by atoms with Gasteiger partial charge in [0.25, 0.3) is 0 Å². The Morgan fingerprint density at radius 1 is 1.45 bits per heavy atom. The molecule has 0 spiro atoms. The molecule has 0 saturated carbocycles. The van der Waals surface area contributed by atoms with E-state index in [9.17, 15) is 9.18 Å². The van der Waals surface area contributed by atoms with Crippen LogP contribution < -0.4 is 4.74 Å². The molecule has 0 N–H and O–H groups in total. The molecule has 0 atom stereocenters. The van der Waals surface area contributed by atoms with E-state index in [0.717, 1.165) is 5.69 Å². The topological polar surface area (TPSA) is 44.1 Å². The number of aryl methyl sites for hydroxylation is 2. The first-order valence-corrected chi connectivity index (χ1v) is 6.43. The third-order valence-corrected chi connectivity index (χ3v) is 3.15. The molecule has 1 aromatic heterocycles. The Kier molecular flexibility index (Phi) is 4.17. The summed E-state index contributed by atoms with van der Waals surface area (Å²) in [6, 6.07) is 4.80. The highest BCUT2D eigenvalue weighted by atomic mass is 19.1. The third-order valence-electron chi connectivity index (χ3n) is 3.15. The summed E-state index contributed by atoms with van der Waals surface area (Å²) in [6.45, 7) is 1.94. The molecule has 1 heterocycles. The molecule has 2 aromatic rings. The van der Waals surface area contributed by atoms with Crippen LogP contribution in [-0.4, -0.2) is 22.7 Å². The first-order valence-electron chi connectivity index (χ1n) is 6.43. The van der Waals surface area contributed by atoms with Crippen molar-refractivity contribution in [3.8, 4) is 5.75 Å². The van der Waals surface area contributed by atoms with Gasteiger partial charge in [-0.15, -0.1) is 0 Å². The van der Waals surface area contributed by atoms with Crippen LogP contribution in [0.2, 0.25) is 0 Å². The zero-order valence-corrected chi connectivity index (χ0v) is 11.8. The van der Waals surface area contributed by atoms with Gasteiger partial charge in [0.1, 0.15) is 0 Å². The van der Waals surface area contributed by atoms with Crippen LogP contribution >= 0.6 is 0 Å². The molecular formula is C15H17FN2O2. The molecule has 106 valence electrons. The number of ether oxygens (including phenoxy) is 1. The number of nitrogens with zero attached hydrogens (tertiary/aromatic N) is 2. The Hall–Kier alpha value is -2.17. The first kappa shape index (κ1) is 14.2. The lowest BCUT2D eigenvalue weighted by Gasteiger charge is -2.06. The monoisotopic (exact) mass is 276 g/mol. The van der Waals surface area contributed by atoms with Gasteiger partial charge in [0.05, 0.1) is 18.4 Å². The number of aromatic nitrogens is 2. The van der Waals surface area contributed by atoms with E-state index in [-0.39, 0.29) is 18.0 Å². The summed E-state index contributed by atoms with van der Waals surface area (Å²) in [7, 11) is 3.17. The number of Topliss-reactive ketones (excluding diaryl/α,β-unsaturated/α-hetero) is 1. The average Bonchev–Trinajstić information content (AvgIpc) is 2.82. The summed E-state index contributed by atoms with van der Waals surface area (Å²) >= 11 is 0. The molecule has 0 aliphatic heterocycles. The van der Waals surface area contributed by atoms with E-state index in [4.69, 9.17) is 4.74 Å². The average molecular weight is 276 g/mol. The standard InChI is InChI=1S/C15H17FN2O2/c1-4-12-11(9-18(2)17-12)13(19)8-10-6-5-7-14(20-3)15(10)16/h5-7,9H,4,8H2,1-3H3. The molecule has 0 saturated heterocycles. The summed E-state index contributed by atoms with van der Waals surface area (Å²) in [5.41, 5.74) is 1.62. The second-order valence-corrected chi connectivity index (χ2v) is 4.55. The fourth-order valence-electron chi connectivity index (χ4n) is 2.15. The Labute approximate surface area is 117 Å². The van der Waals surface area contributed by atoms with Crippen LogP contribution in [-0.2, 0) is 19.9 Å². The largest absolute Gasteiger partial charge is 0.494 e. The van der Waals surface area contributed by atoms with Crippen LogP contribution in [0.15, 0.2) is 24.4 Å². The Balaban J connectivity index is 2.28. The van der Waals surface area contributed by atoms with Crippen molar-refractivity contribution in [2.45, 2.75) is 19.8 Å². The molecule has 0 radical (unpaired) electrons. The van der Waals surface area contributed by atoms with Crippen LogP contribution in [0, 0.1) is 5.82 Å². The van der Waals surface area contributed by atoms with Gasteiger partial charge in [-0.25, -0.2) is 4.39 Å². The maximum atomic E-state index is 14.0. The van der Waals surface area contributed by atoms with Crippen molar-refractivity contribution < 1.29 is 13.9 Å². The number of halogens is 1. The molecule has 1 aromatic carbocycles. The molecule has 0 unspecified atom stereocenters.